The summed E-state index contributed by atoms with van der Waals surface area (Å²) >= 11 is 0. The van der Waals surface area contributed by atoms with Gasteiger partial charge in [-0.25, -0.2) is 4.98 Å². The molecule has 0 unspecified atom stereocenters. The van der Waals surface area contributed by atoms with Gasteiger partial charge >= 0.3 is 5.97 Å². The Kier molecular flexibility index (Phi) is 8.88. The normalized spacial score (nSPS) is 16.9. The Labute approximate surface area is 227 Å². The van der Waals surface area contributed by atoms with E-state index >= 15 is 0 Å². The lowest BCUT2D eigenvalue weighted by Gasteiger charge is -2.32. The van der Waals surface area contributed by atoms with Crippen LogP contribution in [0.2, 0.25) is 0 Å². The molecule has 0 saturated heterocycles. The molecule has 5 N–H and O–H groups in total. The van der Waals surface area contributed by atoms with E-state index in [1.54, 1.807) is 30.3 Å². The van der Waals surface area contributed by atoms with Gasteiger partial charge in [-0.2, -0.15) is 4.98 Å². The third-order valence-electron chi connectivity index (χ3n) is 6.33. The molecule has 0 radical (unpaired) electrons. The number of anilines is 3. The van der Waals surface area contributed by atoms with Crippen molar-refractivity contribution in [2.75, 3.05) is 10.6 Å². The second-order valence-electron chi connectivity index (χ2n) is 9.43. The number of hydrogen-bond acceptors (Lipinski definition) is 8. The lowest BCUT2D eigenvalue weighted by Crippen LogP contribution is -2.48. The van der Waals surface area contributed by atoms with E-state index in [0.29, 0.717) is 23.1 Å². The van der Waals surface area contributed by atoms with Gasteiger partial charge in [0.2, 0.25) is 11.9 Å². The molecule has 1 aliphatic rings. The highest BCUT2D eigenvalue weighted by atomic mass is 16.5. The number of primary amides is 1. The average molecular weight is 529 g/mol. The molecule has 4 rings (SSSR count). The zero-order valence-corrected chi connectivity index (χ0v) is 21.9. The van der Waals surface area contributed by atoms with E-state index in [-0.39, 0.29) is 23.6 Å². The predicted molar refractivity (Wildman–Crippen MR) is 150 cm³/mol. The summed E-state index contributed by atoms with van der Waals surface area (Å²) < 4.78 is 5.21. The van der Waals surface area contributed by atoms with Crippen LogP contribution in [0.1, 0.15) is 54.1 Å². The summed E-state index contributed by atoms with van der Waals surface area (Å²) in [5.41, 5.74) is 8.18. The van der Waals surface area contributed by atoms with Crippen molar-refractivity contribution in [3.63, 3.8) is 0 Å². The van der Waals surface area contributed by atoms with E-state index in [0.717, 1.165) is 36.9 Å². The van der Waals surface area contributed by atoms with Gasteiger partial charge in [0.25, 0.3) is 5.91 Å². The largest absolute Gasteiger partial charge is 0.426 e. The number of aryl methyl sites for hydroxylation is 1. The molecule has 39 heavy (non-hydrogen) atoms. The lowest BCUT2D eigenvalue weighted by molar-refractivity contribution is -0.131. The van der Waals surface area contributed by atoms with Crippen LogP contribution in [0.3, 0.4) is 0 Å². The molecule has 3 aromatic rings. The molecule has 1 aliphatic carbocycles. The first-order valence-corrected chi connectivity index (χ1v) is 12.8. The van der Waals surface area contributed by atoms with Crippen LogP contribution in [0.25, 0.3) is 6.08 Å². The molecule has 0 bridgehead atoms. The Morgan fingerprint density at radius 1 is 1.05 bits per heavy atom. The van der Waals surface area contributed by atoms with Crippen molar-refractivity contribution in [1.82, 2.24) is 15.3 Å². The van der Waals surface area contributed by atoms with E-state index in [9.17, 15) is 14.4 Å². The summed E-state index contributed by atoms with van der Waals surface area (Å²) in [6.07, 6.45) is 8.01. The number of benzene rings is 2. The van der Waals surface area contributed by atoms with Crippen LogP contribution in [0.5, 0.6) is 5.75 Å². The smallest absolute Gasteiger partial charge is 0.308 e. The monoisotopic (exact) mass is 528 g/mol. The molecule has 10 nitrogen and oxygen atoms in total. The molecule has 1 heterocycles. The van der Waals surface area contributed by atoms with Gasteiger partial charge in [-0.15, -0.1) is 0 Å². The van der Waals surface area contributed by atoms with Crippen molar-refractivity contribution in [3.05, 3.63) is 77.5 Å². The number of aromatic nitrogens is 2. The standard InChI is InChI=1S/C29H32N6O4/c1-18-8-7-10-21(16-18)32-28-22(27(30)38)17-31-29(35-28)34-24-12-5-4-11-23(24)33-26(37)15-14-20-9-3-6-13-25(20)39-19(2)36/h3,6-10,13-17,23-24H,4-5,11-12H2,1-2H3,(H2,30,38)(H,33,37)(H2,31,32,34,35)/b15-14-/t23-,24+/m0/s1. The number of hydrogen-bond donors (Lipinski definition) is 4. The van der Waals surface area contributed by atoms with Crippen molar-refractivity contribution >= 4 is 41.3 Å². The number of carbonyl (C=O) groups excluding carboxylic acids is 3. The Morgan fingerprint density at radius 3 is 2.56 bits per heavy atom. The van der Waals surface area contributed by atoms with Crippen LogP contribution in [0.4, 0.5) is 17.5 Å². The molecule has 2 amide bonds. The maximum absolute atomic E-state index is 12.8. The molecular weight excluding hydrogens is 496 g/mol. The molecule has 2 atom stereocenters. The number of carbonyl (C=O) groups is 3. The maximum atomic E-state index is 12.8. The molecule has 1 aromatic heterocycles. The highest BCUT2D eigenvalue weighted by molar-refractivity contribution is 5.98. The van der Waals surface area contributed by atoms with Gasteiger partial charge in [-0.1, -0.05) is 43.2 Å². The minimum atomic E-state index is -0.637. The molecule has 2 aromatic carbocycles. The summed E-state index contributed by atoms with van der Waals surface area (Å²) in [6.45, 7) is 3.30. The highest BCUT2D eigenvalue weighted by Crippen LogP contribution is 2.25. The number of nitrogens with one attached hydrogen (secondary N) is 3. The third kappa shape index (κ3) is 7.64. The highest BCUT2D eigenvalue weighted by Gasteiger charge is 2.27. The number of para-hydroxylation sites is 1. The minimum Gasteiger partial charge on any atom is -0.426 e. The fraction of sp³-hybridized carbons (Fsp3) is 0.276. The van der Waals surface area contributed by atoms with Crippen LogP contribution < -0.4 is 26.4 Å². The van der Waals surface area contributed by atoms with Crippen molar-refractivity contribution in [1.29, 1.82) is 0 Å². The van der Waals surface area contributed by atoms with Crippen LogP contribution in [-0.2, 0) is 9.59 Å². The van der Waals surface area contributed by atoms with E-state index in [1.165, 1.54) is 19.2 Å². The Hall–Kier alpha value is -4.73. The minimum absolute atomic E-state index is 0.115. The molecule has 1 saturated carbocycles. The summed E-state index contributed by atoms with van der Waals surface area (Å²) in [7, 11) is 0. The SMILES string of the molecule is CC(=O)Oc1ccccc1/C=C\C(=O)N[C@H]1CCCC[C@H]1Nc1ncc(C(N)=O)c(Nc2cccc(C)c2)n1. The maximum Gasteiger partial charge on any atom is 0.308 e. The Bertz CT molecular complexity index is 1390. The number of esters is 1. The van der Waals surface area contributed by atoms with Crippen molar-refractivity contribution < 1.29 is 19.1 Å². The summed E-state index contributed by atoms with van der Waals surface area (Å²) in [5.74, 6) is -0.319. The van der Waals surface area contributed by atoms with Gasteiger partial charge in [-0.3, -0.25) is 14.4 Å². The number of ether oxygens (including phenoxy) is 1. The fourth-order valence-corrected chi connectivity index (χ4v) is 4.49. The summed E-state index contributed by atoms with van der Waals surface area (Å²) in [4.78, 5) is 45.0. The number of nitrogens with zero attached hydrogens (tertiary/aromatic N) is 2. The third-order valence-corrected chi connectivity index (χ3v) is 6.33. The topological polar surface area (TPSA) is 148 Å². The van der Waals surface area contributed by atoms with E-state index < -0.39 is 11.9 Å². The average Bonchev–Trinajstić information content (AvgIpc) is 2.89. The van der Waals surface area contributed by atoms with Crippen molar-refractivity contribution in [2.45, 2.75) is 51.6 Å². The first-order valence-electron chi connectivity index (χ1n) is 12.8. The fourth-order valence-electron chi connectivity index (χ4n) is 4.49. The van der Waals surface area contributed by atoms with Gasteiger partial charge < -0.3 is 26.4 Å². The van der Waals surface area contributed by atoms with E-state index in [1.807, 2.05) is 31.2 Å². The number of rotatable bonds is 9. The molecular formula is C29H32N6O4. The second kappa shape index (κ2) is 12.7. The van der Waals surface area contributed by atoms with Gasteiger partial charge in [0.05, 0.1) is 0 Å². The summed E-state index contributed by atoms with van der Waals surface area (Å²) in [6, 6.07) is 14.4. The second-order valence-corrected chi connectivity index (χ2v) is 9.43. The van der Waals surface area contributed by atoms with E-state index in [4.69, 9.17) is 10.5 Å². The molecule has 0 aliphatic heterocycles. The van der Waals surface area contributed by atoms with Gasteiger partial charge in [0, 0.05) is 42.5 Å². The number of nitrogens with two attached hydrogens (primary N) is 1. The summed E-state index contributed by atoms with van der Waals surface area (Å²) in [5, 5.41) is 9.56. The molecule has 202 valence electrons. The zero-order valence-electron chi connectivity index (χ0n) is 21.9. The van der Waals surface area contributed by atoms with Crippen molar-refractivity contribution in [3.8, 4) is 5.75 Å². The molecule has 1 fully saturated rings. The first kappa shape index (κ1) is 27.3. The van der Waals surface area contributed by atoms with Gasteiger partial charge in [-0.05, 0) is 49.6 Å². The van der Waals surface area contributed by atoms with Crippen LogP contribution in [0, 0.1) is 6.92 Å². The Morgan fingerprint density at radius 2 is 1.82 bits per heavy atom. The molecule has 0 spiro atoms. The first-order chi connectivity index (χ1) is 18.8. The zero-order chi connectivity index (χ0) is 27.8. The van der Waals surface area contributed by atoms with Gasteiger partial charge in [0.1, 0.15) is 17.1 Å². The van der Waals surface area contributed by atoms with Crippen LogP contribution in [0.15, 0.2) is 60.8 Å². The van der Waals surface area contributed by atoms with Crippen LogP contribution in [-0.4, -0.2) is 39.8 Å². The lowest BCUT2D eigenvalue weighted by atomic mass is 9.90. The predicted octanol–water partition coefficient (Wildman–Crippen LogP) is 4.11. The van der Waals surface area contributed by atoms with Crippen LogP contribution >= 0.6 is 0 Å². The Balaban J connectivity index is 1.46. The molecule has 10 heteroatoms. The van der Waals surface area contributed by atoms with Crippen molar-refractivity contribution in [2.24, 2.45) is 5.73 Å². The quantitative estimate of drug-likeness (QED) is 0.184. The van der Waals surface area contributed by atoms with Gasteiger partial charge in [0.15, 0.2) is 0 Å². The van der Waals surface area contributed by atoms with E-state index in [2.05, 4.69) is 25.9 Å². The number of amides is 2.